The van der Waals surface area contributed by atoms with Crippen molar-refractivity contribution in [3.8, 4) is 5.75 Å². The van der Waals surface area contributed by atoms with Crippen molar-refractivity contribution in [1.82, 2.24) is 10.3 Å². The van der Waals surface area contributed by atoms with E-state index in [4.69, 9.17) is 9.47 Å². The molecule has 152 valence electrons. The van der Waals surface area contributed by atoms with Gasteiger partial charge >= 0.3 is 0 Å². The Kier molecular flexibility index (Phi) is 6.11. The zero-order valence-electron chi connectivity index (χ0n) is 16.9. The molecule has 0 saturated heterocycles. The van der Waals surface area contributed by atoms with Gasteiger partial charge in [-0.1, -0.05) is 54.6 Å². The van der Waals surface area contributed by atoms with Gasteiger partial charge in [0.05, 0.1) is 20.3 Å². The first-order valence-electron chi connectivity index (χ1n) is 9.86. The third kappa shape index (κ3) is 4.88. The van der Waals surface area contributed by atoms with Crippen molar-refractivity contribution in [2.24, 2.45) is 0 Å². The number of carbonyl (C=O) groups excluding carboxylic acids is 1. The number of carbonyl (C=O) groups is 1. The lowest BCUT2D eigenvalue weighted by Crippen LogP contribution is -2.23. The number of hydrogen-bond acceptors (Lipinski definition) is 3. The summed E-state index contributed by atoms with van der Waals surface area (Å²) in [4.78, 5) is 15.6. The smallest absolute Gasteiger partial charge is 0.267 e. The third-order valence-corrected chi connectivity index (χ3v) is 4.93. The summed E-state index contributed by atoms with van der Waals surface area (Å²) < 4.78 is 11.0. The number of hydrogen-bond donors (Lipinski definition) is 2. The van der Waals surface area contributed by atoms with Crippen molar-refractivity contribution in [2.45, 2.75) is 19.8 Å². The minimum absolute atomic E-state index is 0.138. The molecule has 3 aromatic carbocycles. The number of rotatable bonds is 8. The van der Waals surface area contributed by atoms with Gasteiger partial charge in [0, 0.05) is 23.5 Å². The molecule has 0 radical (unpaired) electrons. The largest absolute Gasteiger partial charge is 0.497 e. The fraction of sp³-hybridized carbons (Fsp3) is 0.160. The maximum absolute atomic E-state index is 12.5. The van der Waals surface area contributed by atoms with Crippen LogP contribution in [-0.4, -0.2) is 18.0 Å². The molecule has 0 fully saturated rings. The van der Waals surface area contributed by atoms with Crippen LogP contribution in [0.5, 0.6) is 5.75 Å². The van der Waals surface area contributed by atoms with E-state index in [-0.39, 0.29) is 5.91 Å². The second-order valence-corrected chi connectivity index (χ2v) is 7.11. The molecule has 1 aromatic heterocycles. The van der Waals surface area contributed by atoms with Gasteiger partial charge < -0.3 is 19.8 Å². The van der Waals surface area contributed by atoms with Crippen LogP contribution in [-0.2, 0) is 24.5 Å². The molecule has 5 heteroatoms. The summed E-state index contributed by atoms with van der Waals surface area (Å²) in [5, 5.41) is 3.93. The molecule has 0 atom stereocenters. The monoisotopic (exact) mass is 400 g/mol. The Bertz CT molecular complexity index is 1120. The van der Waals surface area contributed by atoms with Crippen molar-refractivity contribution in [1.29, 1.82) is 0 Å². The van der Waals surface area contributed by atoms with E-state index in [1.165, 1.54) is 0 Å². The molecule has 0 saturated carbocycles. The van der Waals surface area contributed by atoms with Crippen molar-refractivity contribution in [3.63, 3.8) is 0 Å². The van der Waals surface area contributed by atoms with Crippen LogP contribution in [0.3, 0.4) is 0 Å². The van der Waals surface area contributed by atoms with E-state index in [9.17, 15) is 4.79 Å². The minimum atomic E-state index is -0.138. The highest BCUT2D eigenvalue weighted by Gasteiger charge is 2.10. The number of ether oxygens (including phenoxy) is 2. The Balaban J connectivity index is 1.28. The molecular formula is C25H24N2O3. The van der Waals surface area contributed by atoms with Gasteiger partial charge in [-0.25, -0.2) is 0 Å². The highest BCUT2D eigenvalue weighted by molar-refractivity contribution is 5.98. The SMILES string of the molecule is COc1ccc2cc(C(=O)NCc3ccc(COCc4ccccc4)cc3)[nH]c2c1. The molecular weight excluding hydrogens is 376 g/mol. The molecule has 4 rings (SSSR count). The van der Waals surface area contributed by atoms with Gasteiger partial charge in [-0.05, 0) is 34.9 Å². The fourth-order valence-corrected chi connectivity index (χ4v) is 3.25. The molecule has 30 heavy (non-hydrogen) atoms. The number of aromatic nitrogens is 1. The molecule has 1 heterocycles. The van der Waals surface area contributed by atoms with Gasteiger partial charge in [0.1, 0.15) is 11.4 Å². The Morgan fingerprint density at radius 2 is 1.57 bits per heavy atom. The summed E-state index contributed by atoms with van der Waals surface area (Å²) >= 11 is 0. The quantitative estimate of drug-likeness (QED) is 0.446. The number of H-pyrrole nitrogens is 1. The van der Waals surface area contributed by atoms with Crippen LogP contribution in [0.15, 0.2) is 78.9 Å². The Hall–Kier alpha value is -3.57. The van der Waals surface area contributed by atoms with Crippen molar-refractivity contribution in [3.05, 3.63) is 101 Å². The van der Waals surface area contributed by atoms with Gasteiger partial charge in [-0.2, -0.15) is 0 Å². The van der Waals surface area contributed by atoms with Crippen LogP contribution in [0.4, 0.5) is 0 Å². The van der Waals surface area contributed by atoms with E-state index in [1.54, 1.807) is 7.11 Å². The molecule has 1 amide bonds. The summed E-state index contributed by atoms with van der Waals surface area (Å²) in [5.41, 5.74) is 4.70. The average molecular weight is 400 g/mol. The van der Waals surface area contributed by atoms with Crippen molar-refractivity contribution in [2.75, 3.05) is 7.11 Å². The minimum Gasteiger partial charge on any atom is -0.497 e. The number of fused-ring (bicyclic) bond motifs is 1. The molecule has 4 aromatic rings. The van der Waals surface area contributed by atoms with Crippen LogP contribution in [0, 0.1) is 0 Å². The topological polar surface area (TPSA) is 63.4 Å². The second-order valence-electron chi connectivity index (χ2n) is 7.11. The Morgan fingerprint density at radius 1 is 0.867 bits per heavy atom. The predicted octanol–water partition coefficient (Wildman–Crippen LogP) is 4.82. The number of methoxy groups -OCH3 is 1. The van der Waals surface area contributed by atoms with E-state index >= 15 is 0 Å². The first-order valence-corrected chi connectivity index (χ1v) is 9.86. The number of nitrogens with one attached hydrogen (secondary N) is 2. The lowest BCUT2D eigenvalue weighted by Gasteiger charge is -2.07. The Morgan fingerprint density at radius 3 is 2.30 bits per heavy atom. The number of benzene rings is 3. The lowest BCUT2D eigenvalue weighted by atomic mass is 10.1. The van der Waals surface area contributed by atoms with E-state index in [2.05, 4.69) is 22.4 Å². The van der Waals surface area contributed by atoms with Gasteiger partial charge in [0.2, 0.25) is 0 Å². The molecule has 0 bridgehead atoms. The predicted molar refractivity (Wildman–Crippen MR) is 117 cm³/mol. The Labute approximate surface area is 175 Å². The third-order valence-electron chi connectivity index (χ3n) is 4.93. The van der Waals surface area contributed by atoms with E-state index in [1.807, 2.05) is 66.7 Å². The standard InChI is InChI=1S/C25H24N2O3/c1-29-22-12-11-21-13-24(27-23(21)14-22)25(28)26-15-18-7-9-20(10-8-18)17-30-16-19-5-3-2-4-6-19/h2-14,27H,15-17H2,1H3,(H,26,28). The average Bonchev–Trinajstić information content (AvgIpc) is 3.22. The van der Waals surface area contributed by atoms with Crippen LogP contribution in [0.1, 0.15) is 27.2 Å². The van der Waals surface area contributed by atoms with E-state index < -0.39 is 0 Å². The maximum atomic E-state index is 12.5. The first-order chi connectivity index (χ1) is 14.7. The lowest BCUT2D eigenvalue weighted by molar-refractivity contribution is 0.0946. The highest BCUT2D eigenvalue weighted by Crippen LogP contribution is 2.21. The summed E-state index contributed by atoms with van der Waals surface area (Å²) in [6.07, 6.45) is 0. The van der Waals surface area contributed by atoms with Crippen LogP contribution in [0.25, 0.3) is 10.9 Å². The zero-order valence-corrected chi connectivity index (χ0v) is 16.9. The van der Waals surface area contributed by atoms with E-state index in [0.29, 0.717) is 25.5 Å². The van der Waals surface area contributed by atoms with Crippen LogP contribution in [0.2, 0.25) is 0 Å². The zero-order chi connectivity index (χ0) is 20.8. The maximum Gasteiger partial charge on any atom is 0.267 e. The van der Waals surface area contributed by atoms with Gasteiger partial charge in [-0.3, -0.25) is 4.79 Å². The van der Waals surface area contributed by atoms with Gasteiger partial charge in [-0.15, -0.1) is 0 Å². The van der Waals surface area contributed by atoms with Gasteiger partial charge in [0.15, 0.2) is 0 Å². The first kappa shape index (κ1) is 19.7. The highest BCUT2D eigenvalue weighted by atomic mass is 16.5. The molecule has 0 spiro atoms. The molecule has 5 nitrogen and oxygen atoms in total. The molecule has 0 aliphatic carbocycles. The van der Waals surface area contributed by atoms with Crippen molar-refractivity contribution < 1.29 is 14.3 Å². The summed E-state index contributed by atoms with van der Waals surface area (Å²) in [6, 6.07) is 25.7. The summed E-state index contributed by atoms with van der Waals surface area (Å²) in [6.45, 7) is 1.61. The summed E-state index contributed by atoms with van der Waals surface area (Å²) in [5.74, 6) is 0.615. The second kappa shape index (κ2) is 9.29. The van der Waals surface area contributed by atoms with Crippen LogP contribution >= 0.6 is 0 Å². The van der Waals surface area contributed by atoms with E-state index in [0.717, 1.165) is 33.3 Å². The normalized spacial score (nSPS) is 10.8. The molecule has 0 aliphatic rings. The molecule has 0 aliphatic heterocycles. The summed E-state index contributed by atoms with van der Waals surface area (Å²) in [7, 11) is 1.62. The number of aromatic amines is 1. The van der Waals surface area contributed by atoms with Crippen LogP contribution < -0.4 is 10.1 Å². The molecule has 0 unspecified atom stereocenters. The number of amides is 1. The van der Waals surface area contributed by atoms with Crippen molar-refractivity contribution >= 4 is 16.8 Å². The van der Waals surface area contributed by atoms with Gasteiger partial charge in [0.25, 0.3) is 5.91 Å². The molecule has 2 N–H and O–H groups in total. The fourth-order valence-electron chi connectivity index (χ4n) is 3.25.